The van der Waals surface area contributed by atoms with Crippen molar-refractivity contribution in [2.24, 2.45) is 11.8 Å². The molecule has 3 fully saturated rings. The van der Waals surface area contributed by atoms with Crippen LogP contribution in [-0.4, -0.2) is 61.9 Å². The summed E-state index contributed by atoms with van der Waals surface area (Å²) in [6.07, 6.45) is 5.83. The summed E-state index contributed by atoms with van der Waals surface area (Å²) < 4.78 is 2.38. The lowest BCUT2D eigenvalue weighted by molar-refractivity contribution is 0.135. The zero-order chi connectivity index (χ0) is 25.1. The second-order valence-corrected chi connectivity index (χ2v) is 11.8. The van der Waals surface area contributed by atoms with Crippen molar-refractivity contribution in [1.29, 1.82) is 0 Å². The monoisotopic (exact) mass is 535 g/mol. The molecule has 11 heteroatoms. The fraction of sp³-hybridized carbons (Fsp3) is 0.462. The first-order chi connectivity index (χ1) is 18.0. The number of anilines is 4. The van der Waals surface area contributed by atoms with E-state index >= 15 is 0 Å². The third kappa shape index (κ3) is 4.20. The van der Waals surface area contributed by atoms with E-state index in [4.69, 9.17) is 17.3 Å². The van der Waals surface area contributed by atoms with Gasteiger partial charge in [-0.2, -0.15) is 14.6 Å². The Bertz CT molecular complexity index is 1440. The molecule has 3 N–H and O–H groups in total. The predicted octanol–water partition coefficient (Wildman–Crippen LogP) is 4.87. The summed E-state index contributed by atoms with van der Waals surface area (Å²) in [5.74, 6) is 3.13. The van der Waals surface area contributed by atoms with E-state index in [-0.39, 0.29) is 11.2 Å². The Balaban J connectivity index is 1.03. The van der Waals surface area contributed by atoms with Crippen molar-refractivity contribution < 1.29 is 0 Å². The van der Waals surface area contributed by atoms with Crippen LogP contribution < -0.4 is 16.0 Å². The number of hydrogen-bond donors (Lipinski definition) is 2. The molecule has 0 spiro atoms. The molecule has 0 radical (unpaired) electrons. The van der Waals surface area contributed by atoms with E-state index in [2.05, 4.69) is 59.4 Å². The maximum absolute atomic E-state index is 6.21. The molecule has 3 aliphatic rings. The van der Waals surface area contributed by atoms with E-state index in [1.54, 1.807) is 0 Å². The molecule has 4 heterocycles. The van der Waals surface area contributed by atoms with Crippen molar-refractivity contribution in [1.82, 2.24) is 29.6 Å². The Hall–Kier alpha value is -2.95. The zero-order valence-electron chi connectivity index (χ0n) is 20.8. The maximum atomic E-state index is 6.21. The number of nitrogen functional groups attached to an aromatic ring is 1. The number of nitrogens with two attached hydrogens (primary N) is 1. The second-order valence-electron chi connectivity index (χ2n) is 10.6. The molecule has 1 aliphatic heterocycles. The Morgan fingerprint density at radius 1 is 1.03 bits per heavy atom. The Morgan fingerprint density at radius 3 is 2.57 bits per heavy atom. The fourth-order valence-corrected chi connectivity index (χ4v) is 7.65. The molecule has 2 unspecified atom stereocenters. The van der Waals surface area contributed by atoms with Crippen molar-refractivity contribution in [3.05, 3.63) is 40.5 Å². The van der Waals surface area contributed by atoms with Crippen LogP contribution in [0.3, 0.4) is 0 Å². The number of piperazine rings is 1. The van der Waals surface area contributed by atoms with Crippen molar-refractivity contribution in [3.8, 4) is 5.82 Å². The van der Waals surface area contributed by atoms with Crippen LogP contribution in [0.4, 0.5) is 23.3 Å². The minimum Gasteiger partial charge on any atom is -0.369 e. The summed E-state index contributed by atoms with van der Waals surface area (Å²) in [4.78, 5) is 18.4. The first-order valence-corrected chi connectivity index (χ1v) is 14.3. The molecular weight excluding hydrogens is 506 g/mol. The predicted molar refractivity (Wildman–Crippen MR) is 149 cm³/mol. The number of nitrogens with zero attached hydrogens (tertiary/aromatic N) is 7. The van der Waals surface area contributed by atoms with Crippen LogP contribution in [0, 0.1) is 18.8 Å². The summed E-state index contributed by atoms with van der Waals surface area (Å²) in [5.41, 5.74) is 10.2. The van der Waals surface area contributed by atoms with Gasteiger partial charge in [0.1, 0.15) is 0 Å². The third-order valence-corrected chi connectivity index (χ3v) is 9.60. The largest absolute Gasteiger partial charge is 0.369 e. The summed E-state index contributed by atoms with van der Waals surface area (Å²) >= 11 is 7.72. The molecule has 7 rings (SSSR count). The number of hydrogen-bond acceptors (Lipinski definition) is 9. The van der Waals surface area contributed by atoms with Gasteiger partial charge in [-0.1, -0.05) is 6.42 Å². The summed E-state index contributed by atoms with van der Waals surface area (Å²) in [5, 5.41) is 10.0. The van der Waals surface area contributed by atoms with Crippen LogP contribution in [0.5, 0.6) is 0 Å². The normalized spacial score (nSPS) is 23.8. The van der Waals surface area contributed by atoms with Gasteiger partial charge >= 0.3 is 0 Å². The van der Waals surface area contributed by atoms with Crippen molar-refractivity contribution in [2.75, 3.05) is 42.1 Å². The summed E-state index contributed by atoms with van der Waals surface area (Å²) in [6.45, 7) is 6.49. The maximum Gasteiger partial charge on any atom is 0.248 e. The number of fused-ring (bicyclic) bond motifs is 3. The van der Waals surface area contributed by atoms with Gasteiger partial charge in [0.05, 0.1) is 10.2 Å². The van der Waals surface area contributed by atoms with Crippen LogP contribution in [0.1, 0.15) is 31.2 Å². The van der Waals surface area contributed by atoms with Crippen molar-refractivity contribution in [2.45, 2.75) is 38.6 Å². The lowest BCUT2D eigenvalue weighted by Gasteiger charge is -2.41. The standard InChI is InChI=1S/C26H30ClN9S/c1-15-14-37-22-21(15)30-24(27)31-23(22)36-25(28)32-26(33-36)29-18-4-6-19(7-5-18)34-8-10-35(11-9-34)20-13-16-2-3-17(20)12-16/h4-7,14,16-17,20H,2-3,8-13H2,1H3,(H3,28,29,32,33)/t16?,17?,20-/m0/s1. The molecule has 1 saturated heterocycles. The second kappa shape index (κ2) is 9.11. The number of benzene rings is 1. The van der Waals surface area contributed by atoms with Crippen molar-refractivity contribution in [3.63, 3.8) is 0 Å². The fourth-order valence-electron chi connectivity index (χ4n) is 6.52. The molecule has 3 atom stereocenters. The minimum absolute atomic E-state index is 0.153. The molecule has 37 heavy (non-hydrogen) atoms. The molecule has 2 aliphatic carbocycles. The molecular formula is C26H30ClN9S. The first-order valence-electron chi connectivity index (χ1n) is 13.0. The first kappa shape index (κ1) is 23.2. The van der Waals surface area contributed by atoms with E-state index in [1.165, 1.54) is 60.5 Å². The van der Waals surface area contributed by atoms with Gasteiger partial charge in [-0.05, 0) is 84.8 Å². The highest BCUT2D eigenvalue weighted by Crippen LogP contribution is 2.46. The highest BCUT2D eigenvalue weighted by Gasteiger charge is 2.42. The van der Waals surface area contributed by atoms with Gasteiger partial charge in [0.25, 0.3) is 0 Å². The van der Waals surface area contributed by atoms with Crippen LogP contribution in [0.25, 0.3) is 16.0 Å². The van der Waals surface area contributed by atoms with E-state index < -0.39 is 0 Å². The van der Waals surface area contributed by atoms with E-state index in [0.717, 1.165) is 52.4 Å². The van der Waals surface area contributed by atoms with E-state index in [0.29, 0.717) is 11.8 Å². The number of nitrogens with one attached hydrogen (secondary N) is 1. The average molecular weight is 536 g/mol. The molecule has 0 amide bonds. The minimum atomic E-state index is 0.153. The number of thiophene rings is 1. The van der Waals surface area contributed by atoms with Crippen molar-refractivity contribution >= 4 is 56.4 Å². The van der Waals surface area contributed by atoms with E-state index in [9.17, 15) is 0 Å². The quantitative estimate of drug-likeness (QED) is 0.349. The van der Waals surface area contributed by atoms with E-state index in [1.807, 2.05) is 12.3 Å². The van der Waals surface area contributed by atoms with Gasteiger partial charge < -0.3 is 16.0 Å². The molecule has 192 valence electrons. The average Bonchev–Trinajstić information content (AvgIpc) is 3.70. The SMILES string of the molecule is Cc1csc2c(-n3nc(Nc4ccc(N5CCN([C@H]6CC7CCC6C7)CC5)cc4)nc3N)nc(Cl)nc12. The topological polar surface area (TPSA) is 101 Å². The van der Waals surface area contributed by atoms with Gasteiger partial charge in [0, 0.05) is 43.6 Å². The van der Waals surface area contributed by atoms with Crippen LogP contribution >= 0.6 is 22.9 Å². The Morgan fingerprint density at radius 2 is 1.84 bits per heavy atom. The van der Waals surface area contributed by atoms with Crippen LogP contribution in [0.15, 0.2) is 29.6 Å². The van der Waals surface area contributed by atoms with Gasteiger partial charge in [-0.15, -0.1) is 16.4 Å². The summed E-state index contributed by atoms with van der Waals surface area (Å²) in [7, 11) is 0. The molecule has 4 aromatic rings. The Kier molecular flexibility index (Phi) is 5.71. The van der Waals surface area contributed by atoms with Crippen LogP contribution in [-0.2, 0) is 0 Å². The smallest absolute Gasteiger partial charge is 0.248 e. The number of rotatable bonds is 5. The zero-order valence-corrected chi connectivity index (χ0v) is 22.3. The number of aryl methyl sites for hydroxylation is 1. The lowest BCUT2D eigenvalue weighted by atomic mass is 9.93. The Labute approximate surface area is 224 Å². The summed E-state index contributed by atoms with van der Waals surface area (Å²) in [6, 6.07) is 9.30. The molecule has 3 aromatic heterocycles. The molecule has 1 aromatic carbocycles. The van der Waals surface area contributed by atoms with Gasteiger partial charge in [-0.3, -0.25) is 4.90 Å². The van der Waals surface area contributed by atoms with Gasteiger partial charge in [0.2, 0.25) is 17.2 Å². The number of aromatic nitrogens is 5. The number of halogens is 1. The lowest BCUT2D eigenvalue weighted by Crippen LogP contribution is -2.51. The highest BCUT2D eigenvalue weighted by molar-refractivity contribution is 7.17. The highest BCUT2D eigenvalue weighted by atomic mass is 35.5. The molecule has 9 nitrogen and oxygen atoms in total. The van der Waals surface area contributed by atoms with Gasteiger partial charge in [-0.25, -0.2) is 4.98 Å². The molecule has 2 bridgehead atoms. The van der Waals surface area contributed by atoms with Gasteiger partial charge in [0.15, 0.2) is 5.82 Å². The third-order valence-electron chi connectivity index (χ3n) is 8.35. The molecule has 2 saturated carbocycles. The van der Waals surface area contributed by atoms with Crippen LogP contribution in [0.2, 0.25) is 5.28 Å².